The largest absolute Gasteiger partial charge is 0.490 e. The number of hydrogen-bond acceptors (Lipinski definition) is 3. The van der Waals surface area contributed by atoms with E-state index in [4.69, 9.17) is 9.47 Å². The van der Waals surface area contributed by atoms with Crippen molar-refractivity contribution < 1.29 is 14.3 Å². The molecule has 2 aromatic rings. The number of Topliss-reactive ketones (excluding diaryl/α,β-unsaturated/α-hetero) is 1. The second kappa shape index (κ2) is 10.6. The van der Waals surface area contributed by atoms with E-state index < -0.39 is 0 Å². The third-order valence-corrected chi connectivity index (χ3v) is 5.79. The summed E-state index contributed by atoms with van der Waals surface area (Å²) in [5.74, 6) is 1.67. The van der Waals surface area contributed by atoms with Crippen molar-refractivity contribution in [3.05, 3.63) is 67.6 Å². The Morgan fingerprint density at radius 3 is 1.58 bits per heavy atom. The van der Waals surface area contributed by atoms with Crippen LogP contribution in [-0.2, 0) is 4.79 Å². The number of allylic oxidation sites excluding steroid dienone is 2. The highest BCUT2D eigenvalue weighted by molar-refractivity contribution is 9.10. The molecule has 0 bridgehead atoms. The van der Waals surface area contributed by atoms with Crippen LogP contribution in [0.4, 0.5) is 0 Å². The summed E-state index contributed by atoms with van der Waals surface area (Å²) in [4.78, 5) is 13.3. The van der Waals surface area contributed by atoms with E-state index in [-0.39, 0.29) is 18.0 Å². The van der Waals surface area contributed by atoms with Crippen LogP contribution in [0.15, 0.2) is 56.5 Å². The lowest BCUT2D eigenvalue weighted by Crippen LogP contribution is -2.13. The van der Waals surface area contributed by atoms with Gasteiger partial charge in [-0.05, 0) is 95.5 Å². The Balaban J connectivity index is 1.96. The van der Waals surface area contributed by atoms with Crippen LogP contribution in [0.1, 0.15) is 58.1 Å². The molecule has 0 aromatic heterocycles. The van der Waals surface area contributed by atoms with Gasteiger partial charge in [-0.1, -0.05) is 31.9 Å². The Bertz CT molecular complexity index is 940. The van der Waals surface area contributed by atoms with Gasteiger partial charge in [0.15, 0.2) is 5.78 Å². The number of ketones is 1. The van der Waals surface area contributed by atoms with Crippen LogP contribution >= 0.6 is 31.9 Å². The molecule has 5 heteroatoms. The summed E-state index contributed by atoms with van der Waals surface area (Å²) in [6, 6.07) is 11.8. The molecule has 3 nitrogen and oxygen atoms in total. The van der Waals surface area contributed by atoms with Gasteiger partial charge >= 0.3 is 0 Å². The fourth-order valence-electron chi connectivity index (χ4n) is 3.54. The molecule has 0 atom stereocenters. The number of carbonyl (C=O) groups is 1. The Morgan fingerprint density at radius 1 is 0.774 bits per heavy atom. The van der Waals surface area contributed by atoms with Gasteiger partial charge in [0.25, 0.3) is 0 Å². The number of halogens is 2. The molecule has 0 amide bonds. The molecule has 31 heavy (non-hydrogen) atoms. The molecular formula is C26H28Br2O3. The van der Waals surface area contributed by atoms with E-state index in [2.05, 4.69) is 31.9 Å². The summed E-state index contributed by atoms with van der Waals surface area (Å²) in [7, 11) is 0. The summed E-state index contributed by atoms with van der Waals surface area (Å²) in [5.41, 5.74) is 3.45. The lowest BCUT2D eigenvalue weighted by molar-refractivity contribution is -0.112. The molecule has 3 rings (SSSR count). The lowest BCUT2D eigenvalue weighted by atomic mass is 9.86. The highest BCUT2D eigenvalue weighted by Crippen LogP contribution is 2.34. The van der Waals surface area contributed by atoms with Crippen LogP contribution in [-0.4, -0.2) is 18.0 Å². The first-order chi connectivity index (χ1) is 14.7. The molecular weight excluding hydrogens is 520 g/mol. The minimum Gasteiger partial charge on any atom is -0.490 e. The summed E-state index contributed by atoms with van der Waals surface area (Å²) >= 11 is 7.07. The predicted molar refractivity (Wildman–Crippen MR) is 135 cm³/mol. The van der Waals surface area contributed by atoms with E-state index in [0.717, 1.165) is 62.0 Å². The Labute approximate surface area is 201 Å². The summed E-state index contributed by atoms with van der Waals surface area (Å²) in [6.45, 7) is 8.00. The average Bonchev–Trinajstić information content (AvgIpc) is 2.68. The monoisotopic (exact) mass is 546 g/mol. The van der Waals surface area contributed by atoms with Gasteiger partial charge in [0.2, 0.25) is 0 Å². The quantitative estimate of drug-likeness (QED) is 0.343. The van der Waals surface area contributed by atoms with Gasteiger partial charge in [-0.2, -0.15) is 0 Å². The van der Waals surface area contributed by atoms with Crippen LogP contribution in [0.2, 0.25) is 0 Å². The van der Waals surface area contributed by atoms with Crippen molar-refractivity contribution in [2.45, 2.75) is 59.2 Å². The summed E-state index contributed by atoms with van der Waals surface area (Å²) < 4.78 is 13.8. The van der Waals surface area contributed by atoms with Crippen molar-refractivity contribution in [3.63, 3.8) is 0 Å². The molecule has 1 fully saturated rings. The van der Waals surface area contributed by atoms with Crippen LogP contribution < -0.4 is 9.47 Å². The highest BCUT2D eigenvalue weighted by Gasteiger charge is 2.22. The zero-order valence-electron chi connectivity index (χ0n) is 18.4. The zero-order valence-corrected chi connectivity index (χ0v) is 21.5. The molecule has 1 aliphatic carbocycles. The molecule has 1 saturated carbocycles. The molecule has 0 unspecified atom stereocenters. The van der Waals surface area contributed by atoms with Gasteiger partial charge in [-0.15, -0.1) is 0 Å². The van der Waals surface area contributed by atoms with E-state index in [9.17, 15) is 4.79 Å². The molecule has 0 heterocycles. The van der Waals surface area contributed by atoms with Gasteiger partial charge in [-0.3, -0.25) is 4.79 Å². The van der Waals surface area contributed by atoms with Crippen LogP contribution in [0.25, 0.3) is 12.2 Å². The number of carbonyl (C=O) groups excluding carboxylic acids is 1. The Hall–Kier alpha value is -1.85. The average molecular weight is 548 g/mol. The van der Waals surface area contributed by atoms with Gasteiger partial charge in [-0.25, -0.2) is 0 Å². The molecule has 164 valence electrons. The first-order valence-corrected chi connectivity index (χ1v) is 12.2. The van der Waals surface area contributed by atoms with Crippen LogP contribution in [0.5, 0.6) is 11.5 Å². The molecule has 0 saturated heterocycles. The van der Waals surface area contributed by atoms with Gasteiger partial charge in [0, 0.05) is 31.2 Å². The third-order valence-electron chi connectivity index (χ3n) is 4.80. The second-order valence-electron chi connectivity index (χ2n) is 8.22. The van der Waals surface area contributed by atoms with Crippen molar-refractivity contribution in [1.29, 1.82) is 0 Å². The van der Waals surface area contributed by atoms with Gasteiger partial charge in [0.1, 0.15) is 11.5 Å². The number of benzene rings is 2. The maximum atomic E-state index is 13.3. The van der Waals surface area contributed by atoms with E-state index in [0.29, 0.717) is 0 Å². The lowest BCUT2D eigenvalue weighted by Gasteiger charge is -2.19. The number of rotatable bonds is 6. The number of hydrogen-bond donors (Lipinski definition) is 0. The SMILES string of the molecule is CC(C)Oc1ccc(Br)cc1/C=C1\CCC/C(=C\c2cc(Br)ccc2OC(C)C)C1=O. The fraction of sp³-hybridized carbons (Fsp3) is 0.346. The molecule has 0 N–H and O–H groups in total. The zero-order chi connectivity index (χ0) is 22.5. The Morgan fingerprint density at radius 2 is 1.19 bits per heavy atom. The van der Waals surface area contributed by atoms with Gasteiger partial charge < -0.3 is 9.47 Å². The van der Waals surface area contributed by atoms with Crippen molar-refractivity contribution >= 4 is 49.8 Å². The molecule has 1 aliphatic rings. The van der Waals surface area contributed by atoms with Crippen molar-refractivity contribution in [3.8, 4) is 11.5 Å². The third kappa shape index (κ3) is 6.56. The van der Waals surface area contributed by atoms with Gasteiger partial charge in [0.05, 0.1) is 12.2 Å². The molecule has 0 spiro atoms. The van der Waals surface area contributed by atoms with Crippen LogP contribution in [0.3, 0.4) is 0 Å². The second-order valence-corrected chi connectivity index (χ2v) is 10.1. The van der Waals surface area contributed by atoms with Crippen LogP contribution in [0, 0.1) is 0 Å². The van der Waals surface area contributed by atoms with E-state index in [1.54, 1.807) is 0 Å². The molecule has 2 aromatic carbocycles. The number of ether oxygens (including phenoxy) is 2. The highest BCUT2D eigenvalue weighted by atomic mass is 79.9. The fourth-order valence-corrected chi connectivity index (χ4v) is 4.30. The van der Waals surface area contributed by atoms with Crippen molar-refractivity contribution in [2.24, 2.45) is 0 Å². The normalized spacial score (nSPS) is 17.1. The smallest absolute Gasteiger partial charge is 0.185 e. The standard InChI is InChI=1S/C26H28Br2O3/c1-16(2)30-24-10-8-22(27)14-20(24)12-18-6-5-7-19(26(18)29)13-21-15-23(28)9-11-25(21)31-17(3)4/h8-17H,5-7H2,1-4H3/b18-12+,19-13+. The van der Waals surface area contributed by atoms with Crippen molar-refractivity contribution in [1.82, 2.24) is 0 Å². The van der Waals surface area contributed by atoms with E-state index in [1.165, 1.54) is 0 Å². The predicted octanol–water partition coefficient (Wildman–Crippen LogP) is 8.01. The summed E-state index contributed by atoms with van der Waals surface area (Å²) in [6.07, 6.45) is 6.54. The summed E-state index contributed by atoms with van der Waals surface area (Å²) in [5, 5.41) is 0. The first-order valence-electron chi connectivity index (χ1n) is 10.6. The Kier molecular flexibility index (Phi) is 8.17. The van der Waals surface area contributed by atoms with E-state index in [1.807, 2.05) is 76.2 Å². The van der Waals surface area contributed by atoms with E-state index >= 15 is 0 Å². The first kappa shape index (κ1) is 23.8. The maximum Gasteiger partial charge on any atom is 0.185 e. The maximum absolute atomic E-state index is 13.3. The topological polar surface area (TPSA) is 35.5 Å². The molecule has 0 aliphatic heterocycles. The molecule has 0 radical (unpaired) electrons. The minimum atomic E-state index is 0.0618. The minimum absolute atomic E-state index is 0.0618. The van der Waals surface area contributed by atoms with Crippen molar-refractivity contribution in [2.75, 3.05) is 0 Å².